The van der Waals surface area contributed by atoms with Gasteiger partial charge in [-0.25, -0.2) is 0 Å². The summed E-state index contributed by atoms with van der Waals surface area (Å²) in [6.07, 6.45) is 14.2. The molecule has 19 heavy (non-hydrogen) atoms. The van der Waals surface area contributed by atoms with Gasteiger partial charge in [-0.15, -0.1) is 0 Å². The van der Waals surface area contributed by atoms with Crippen LogP contribution in [0.2, 0.25) is 0 Å². The second-order valence-electron chi connectivity index (χ2n) is 5.48. The molecule has 0 aliphatic carbocycles. The van der Waals surface area contributed by atoms with Gasteiger partial charge in [-0.05, 0) is 12.8 Å². The van der Waals surface area contributed by atoms with E-state index in [1.54, 1.807) is 0 Å². The number of rotatable bonds is 11. The zero-order chi connectivity index (χ0) is 13.9. The Balaban J connectivity index is 1.76. The quantitative estimate of drug-likeness (QED) is 0.584. The van der Waals surface area contributed by atoms with E-state index in [2.05, 4.69) is 29.2 Å². The maximum atomic E-state index is 10.3. The monoisotopic (exact) mass is 268 g/mol. The van der Waals surface area contributed by atoms with Crippen molar-refractivity contribution in [2.75, 3.05) is 20.3 Å². The van der Waals surface area contributed by atoms with E-state index in [4.69, 9.17) is 5.11 Å². The fourth-order valence-corrected chi connectivity index (χ4v) is 2.39. The first-order chi connectivity index (χ1) is 9.18. The second kappa shape index (κ2) is 9.70. The summed E-state index contributed by atoms with van der Waals surface area (Å²) in [6.45, 7) is 2.20. The van der Waals surface area contributed by atoms with Crippen LogP contribution < -0.4 is 0 Å². The van der Waals surface area contributed by atoms with E-state index < -0.39 is 5.97 Å². The van der Waals surface area contributed by atoms with E-state index in [-0.39, 0.29) is 0 Å². The number of carbonyl (C=O) groups is 1. The van der Waals surface area contributed by atoms with E-state index in [1.807, 2.05) is 0 Å². The van der Waals surface area contributed by atoms with Gasteiger partial charge in [0.2, 0.25) is 0 Å². The Morgan fingerprint density at radius 1 is 1.00 bits per heavy atom. The fraction of sp³-hybridized carbons (Fsp3) is 0.800. The normalized spacial score (nSPS) is 14.4. The van der Waals surface area contributed by atoms with E-state index >= 15 is 0 Å². The summed E-state index contributed by atoms with van der Waals surface area (Å²) < 4.78 is 0. The van der Waals surface area contributed by atoms with Gasteiger partial charge >= 0.3 is 5.97 Å². The van der Waals surface area contributed by atoms with Crippen molar-refractivity contribution in [2.45, 2.75) is 57.8 Å². The smallest absolute Gasteiger partial charge is 0.303 e. The van der Waals surface area contributed by atoms with Gasteiger partial charge in [0.1, 0.15) is 0 Å². The van der Waals surface area contributed by atoms with Gasteiger partial charge in [-0.2, -0.15) is 0 Å². The van der Waals surface area contributed by atoms with Crippen LogP contribution in [0.3, 0.4) is 0 Å². The Hall–Kier alpha value is -1.19. The molecule has 0 bridgehead atoms. The minimum Gasteiger partial charge on any atom is -0.481 e. The van der Waals surface area contributed by atoms with Crippen LogP contribution in [-0.2, 0) is 4.79 Å². The Morgan fingerprint density at radius 2 is 1.58 bits per heavy atom. The van der Waals surface area contributed by atoms with Crippen molar-refractivity contribution in [1.82, 2.24) is 9.80 Å². The van der Waals surface area contributed by atoms with Crippen molar-refractivity contribution < 1.29 is 9.90 Å². The van der Waals surface area contributed by atoms with Crippen molar-refractivity contribution in [1.29, 1.82) is 0 Å². The molecule has 1 N–H and O–H groups in total. The van der Waals surface area contributed by atoms with Crippen molar-refractivity contribution >= 4 is 5.97 Å². The summed E-state index contributed by atoms with van der Waals surface area (Å²) in [5, 5.41) is 8.51. The molecule has 0 aromatic heterocycles. The van der Waals surface area contributed by atoms with Crippen LogP contribution in [0.5, 0.6) is 0 Å². The third-order valence-electron chi connectivity index (χ3n) is 3.52. The Bertz CT molecular complexity index is 279. The SMILES string of the molecule is CN1C=CN(CCCCCCCCCCC(=O)O)C1. The molecule has 0 fully saturated rings. The number of carboxylic acid groups (broad SMARTS) is 1. The lowest BCUT2D eigenvalue weighted by atomic mass is 10.1. The van der Waals surface area contributed by atoms with E-state index in [0.29, 0.717) is 6.42 Å². The summed E-state index contributed by atoms with van der Waals surface area (Å²) in [7, 11) is 2.10. The van der Waals surface area contributed by atoms with Crippen molar-refractivity contribution in [3.63, 3.8) is 0 Å². The van der Waals surface area contributed by atoms with Crippen molar-refractivity contribution in [2.24, 2.45) is 0 Å². The standard InChI is InChI=1S/C15H28N2O2/c1-16-12-13-17(14-16)11-9-7-5-3-2-4-6-8-10-15(18)19/h12-13H,2-11,14H2,1H3,(H,18,19). The number of unbranched alkanes of at least 4 members (excludes halogenated alkanes) is 7. The zero-order valence-electron chi connectivity index (χ0n) is 12.2. The molecule has 0 spiro atoms. The van der Waals surface area contributed by atoms with E-state index in [1.165, 1.54) is 45.1 Å². The van der Waals surface area contributed by atoms with E-state index in [0.717, 1.165) is 19.5 Å². The number of hydrogen-bond donors (Lipinski definition) is 1. The molecule has 0 radical (unpaired) electrons. The van der Waals surface area contributed by atoms with Gasteiger partial charge in [0.25, 0.3) is 0 Å². The fourth-order valence-electron chi connectivity index (χ4n) is 2.39. The molecular weight excluding hydrogens is 240 g/mol. The largest absolute Gasteiger partial charge is 0.481 e. The third kappa shape index (κ3) is 8.51. The van der Waals surface area contributed by atoms with Crippen LogP contribution in [0.15, 0.2) is 12.4 Å². The zero-order valence-corrected chi connectivity index (χ0v) is 12.2. The molecule has 0 atom stereocenters. The maximum Gasteiger partial charge on any atom is 0.303 e. The highest BCUT2D eigenvalue weighted by molar-refractivity contribution is 5.66. The van der Waals surface area contributed by atoms with Gasteiger partial charge in [0.05, 0.1) is 6.67 Å². The first kappa shape index (κ1) is 15.9. The second-order valence-corrected chi connectivity index (χ2v) is 5.48. The molecule has 1 rings (SSSR count). The molecule has 110 valence electrons. The molecule has 1 aliphatic rings. The Kier molecular flexibility index (Phi) is 8.10. The van der Waals surface area contributed by atoms with E-state index in [9.17, 15) is 4.79 Å². The molecule has 0 aromatic carbocycles. The topological polar surface area (TPSA) is 43.8 Å². The van der Waals surface area contributed by atoms with Crippen molar-refractivity contribution in [3.8, 4) is 0 Å². The molecule has 4 nitrogen and oxygen atoms in total. The Morgan fingerprint density at radius 3 is 2.11 bits per heavy atom. The molecule has 0 amide bonds. The summed E-state index contributed by atoms with van der Waals surface area (Å²) >= 11 is 0. The highest BCUT2D eigenvalue weighted by Gasteiger charge is 2.06. The molecule has 4 heteroatoms. The summed E-state index contributed by atoms with van der Waals surface area (Å²) in [4.78, 5) is 14.9. The summed E-state index contributed by atoms with van der Waals surface area (Å²) in [5.41, 5.74) is 0. The third-order valence-corrected chi connectivity index (χ3v) is 3.52. The minimum atomic E-state index is -0.665. The van der Waals surface area contributed by atoms with Crippen LogP contribution in [-0.4, -0.2) is 41.1 Å². The highest BCUT2D eigenvalue weighted by atomic mass is 16.4. The summed E-state index contributed by atoms with van der Waals surface area (Å²) in [5.74, 6) is -0.665. The van der Waals surface area contributed by atoms with Gasteiger partial charge in [-0.3, -0.25) is 4.79 Å². The number of nitrogens with zero attached hydrogens (tertiary/aromatic N) is 2. The van der Waals surface area contributed by atoms with Crippen LogP contribution in [0.1, 0.15) is 57.8 Å². The highest BCUT2D eigenvalue weighted by Crippen LogP contribution is 2.11. The number of hydrogen-bond acceptors (Lipinski definition) is 3. The lowest BCUT2D eigenvalue weighted by Gasteiger charge is -2.17. The molecule has 0 unspecified atom stereocenters. The van der Waals surface area contributed by atoms with Gasteiger partial charge in [0, 0.05) is 32.4 Å². The van der Waals surface area contributed by atoms with Crippen LogP contribution in [0, 0.1) is 0 Å². The van der Waals surface area contributed by atoms with Crippen molar-refractivity contribution in [3.05, 3.63) is 12.4 Å². The van der Waals surface area contributed by atoms with Gasteiger partial charge < -0.3 is 14.9 Å². The molecule has 0 aromatic rings. The summed E-state index contributed by atoms with van der Waals surface area (Å²) in [6, 6.07) is 0. The first-order valence-electron chi connectivity index (χ1n) is 7.53. The van der Waals surface area contributed by atoms with Crippen LogP contribution in [0.25, 0.3) is 0 Å². The maximum absolute atomic E-state index is 10.3. The van der Waals surface area contributed by atoms with Crippen LogP contribution >= 0.6 is 0 Å². The predicted octanol–water partition coefficient (Wildman–Crippen LogP) is 3.26. The van der Waals surface area contributed by atoms with Crippen LogP contribution in [0.4, 0.5) is 0 Å². The molecule has 1 heterocycles. The number of carboxylic acids is 1. The lowest BCUT2D eigenvalue weighted by Crippen LogP contribution is -2.23. The average Bonchev–Trinajstić information content (AvgIpc) is 2.77. The van der Waals surface area contributed by atoms with Gasteiger partial charge in [-0.1, -0.05) is 38.5 Å². The number of aliphatic carboxylic acids is 1. The van der Waals surface area contributed by atoms with Gasteiger partial charge in [0.15, 0.2) is 0 Å². The predicted molar refractivity (Wildman–Crippen MR) is 77.7 cm³/mol. The molecule has 0 saturated carbocycles. The molecular formula is C15H28N2O2. The average molecular weight is 268 g/mol. The molecule has 0 saturated heterocycles. The Labute approximate surface area is 117 Å². The molecule has 1 aliphatic heterocycles. The first-order valence-corrected chi connectivity index (χ1v) is 7.53. The minimum absolute atomic E-state index is 0.331. The lowest BCUT2D eigenvalue weighted by molar-refractivity contribution is -0.137.